The van der Waals surface area contributed by atoms with Crippen LogP contribution in [0.5, 0.6) is 0 Å². The highest BCUT2D eigenvalue weighted by Crippen LogP contribution is 2.29. The van der Waals surface area contributed by atoms with Gasteiger partial charge in [-0.2, -0.15) is 0 Å². The second kappa shape index (κ2) is 5.25. The molecule has 0 spiro atoms. The Morgan fingerprint density at radius 3 is 3.00 bits per heavy atom. The summed E-state index contributed by atoms with van der Waals surface area (Å²) in [6, 6.07) is -0.0754. The molecule has 0 saturated heterocycles. The van der Waals surface area contributed by atoms with Gasteiger partial charge in [0.1, 0.15) is 5.76 Å². The highest BCUT2D eigenvalue weighted by Gasteiger charge is 2.27. The van der Waals surface area contributed by atoms with Crippen molar-refractivity contribution < 1.29 is 9.84 Å². The van der Waals surface area contributed by atoms with Crippen molar-refractivity contribution >= 4 is 5.71 Å². The molecular formula is C15H19NO2. The first kappa shape index (κ1) is 12.7. The zero-order valence-electron chi connectivity index (χ0n) is 11.1. The van der Waals surface area contributed by atoms with E-state index in [-0.39, 0.29) is 12.0 Å². The minimum Gasteiger partial charge on any atom is -0.512 e. The molecule has 0 amide bonds. The quantitative estimate of drug-likeness (QED) is 0.810. The Labute approximate surface area is 108 Å². The van der Waals surface area contributed by atoms with Gasteiger partial charge in [-0.15, -0.1) is 0 Å². The lowest BCUT2D eigenvalue weighted by Gasteiger charge is -2.21. The van der Waals surface area contributed by atoms with E-state index in [4.69, 9.17) is 9.73 Å². The molecule has 3 heteroatoms. The number of aliphatic hydroxyl groups is 1. The summed E-state index contributed by atoms with van der Waals surface area (Å²) < 4.78 is 5.23. The standard InChI is InChI=1S/C15H19NO2/c1-4-10(2)13-7-8-15(17)12-6-5-11(18-3)9-14(12)16-13/h4-6,8-9,12,14,17H,7H2,1-3H3/b10-4+. The monoisotopic (exact) mass is 245 g/mol. The maximum Gasteiger partial charge on any atom is 0.116 e. The Morgan fingerprint density at radius 1 is 1.56 bits per heavy atom. The second-order valence-electron chi connectivity index (χ2n) is 4.53. The molecule has 0 aromatic carbocycles. The molecule has 2 aliphatic rings. The van der Waals surface area contributed by atoms with Crippen molar-refractivity contribution in [3.05, 3.63) is 47.5 Å². The zero-order valence-corrected chi connectivity index (χ0v) is 11.1. The van der Waals surface area contributed by atoms with Gasteiger partial charge in [-0.1, -0.05) is 12.2 Å². The zero-order chi connectivity index (χ0) is 13.1. The summed E-state index contributed by atoms with van der Waals surface area (Å²) in [5.41, 5.74) is 2.18. The fourth-order valence-corrected chi connectivity index (χ4v) is 2.17. The first-order valence-corrected chi connectivity index (χ1v) is 6.18. The third-order valence-corrected chi connectivity index (χ3v) is 3.45. The third-order valence-electron chi connectivity index (χ3n) is 3.45. The summed E-state index contributed by atoms with van der Waals surface area (Å²) in [6.07, 6.45) is 10.4. The Morgan fingerprint density at radius 2 is 2.33 bits per heavy atom. The largest absolute Gasteiger partial charge is 0.512 e. The van der Waals surface area contributed by atoms with E-state index >= 15 is 0 Å². The molecular weight excluding hydrogens is 226 g/mol. The smallest absolute Gasteiger partial charge is 0.116 e. The van der Waals surface area contributed by atoms with Crippen molar-refractivity contribution in [2.24, 2.45) is 10.9 Å². The Bertz CT molecular complexity index is 481. The van der Waals surface area contributed by atoms with Crippen LogP contribution in [0, 0.1) is 5.92 Å². The fraction of sp³-hybridized carbons (Fsp3) is 0.400. The van der Waals surface area contributed by atoms with Gasteiger partial charge in [-0.3, -0.25) is 4.99 Å². The SMILES string of the molecule is C/C=C(\C)C1=NC2C=C(OC)C=CC2C(O)=CC1. The van der Waals surface area contributed by atoms with Crippen LogP contribution in [0.1, 0.15) is 20.3 Å². The third kappa shape index (κ3) is 2.40. The van der Waals surface area contributed by atoms with Crippen LogP contribution in [0.15, 0.2) is 52.5 Å². The molecule has 1 aliphatic carbocycles. The maximum absolute atomic E-state index is 10.1. The van der Waals surface area contributed by atoms with Crippen molar-refractivity contribution in [1.29, 1.82) is 0 Å². The lowest BCUT2D eigenvalue weighted by atomic mass is 9.93. The van der Waals surface area contributed by atoms with Gasteiger partial charge < -0.3 is 9.84 Å². The molecule has 0 fully saturated rings. The molecule has 0 radical (unpaired) electrons. The van der Waals surface area contributed by atoms with Crippen molar-refractivity contribution in [2.45, 2.75) is 26.3 Å². The van der Waals surface area contributed by atoms with Gasteiger partial charge in [0.05, 0.1) is 24.8 Å². The van der Waals surface area contributed by atoms with E-state index in [0.717, 1.165) is 17.0 Å². The average Bonchev–Trinajstić information content (AvgIpc) is 2.57. The number of ether oxygens (including phenoxy) is 1. The summed E-state index contributed by atoms with van der Waals surface area (Å²) in [7, 11) is 1.64. The number of rotatable bonds is 2. The Balaban J connectivity index is 2.39. The molecule has 1 N–H and O–H groups in total. The summed E-state index contributed by atoms with van der Waals surface area (Å²) >= 11 is 0. The molecule has 0 aromatic rings. The van der Waals surface area contributed by atoms with E-state index in [9.17, 15) is 5.11 Å². The molecule has 0 saturated carbocycles. The van der Waals surface area contributed by atoms with Gasteiger partial charge in [0, 0.05) is 12.1 Å². The van der Waals surface area contributed by atoms with Crippen molar-refractivity contribution in [3.63, 3.8) is 0 Å². The predicted octanol–water partition coefficient (Wildman–Crippen LogP) is 3.32. The number of fused-ring (bicyclic) bond motifs is 1. The minimum absolute atomic E-state index is 0.0638. The number of allylic oxidation sites excluding steroid dienone is 4. The van der Waals surface area contributed by atoms with Crippen LogP contribution in [0.25, 0.3) is 0 Å². The number of hydrogen-bond donors (Lipinski definition) is 1. The summed E-state index contributed by atoms with van der Waals surface area (Å²) in [4.78, 5) is 4.75. The molecule has 2 rings (SSSR count). The highest BCUT2D eigenvalue weighted by atomic mass is 16.5. The van der Waals surface area contributed by atoms with Crippen molar-refractivity contribution in [2.75, 3.05) is 7.11 Å². The molecule has 18 heavy (non-hydrogen) atoms. The topological polar surface area (TPSA) is 41.8 Å². The number of methoxy groups -OCH3 is 1. The number of aliphatic hydroxyl groups excluding tert-OH is 1. The fourth-order valence-electron chi connectivity index (χ4n) is 2.17. The lowest BCUT2D eigenvalue weighted by molar-refractivity contribution is 0.293. The Kier molecular flexibility index (Phi) is 3.70. The van der Waals surface area contributed by atoms with Crippen molar-refractivity contribution in [1.82, 2.24) is 0 Å². The molecule has 96 valence electrons. The van der Waals surface area contributed by atoms with E-state index in [0.29, 0.717) is 12.2 Å². The lowest BCUT2D eigenvalue weighted by Crippen LogP contribution is -2.20. The van der Waals surface area contributed by atoms with Gasteiger partial charge in [0.25, 0.3) is 0 Å². The average molecular weight is 245 g/mol. The van der Waals surface area contributed by atoms with Gasteiger partial charge in [0.15, 0.2) is 0 Å². The van der Waals surface area contributed by atoms with E-state index in [2.05, 4.69) is 0 Å². The summed E-state index contributed by atoms with van der Waals surface area (Å²) in [5, 5.41) is 10.1. The Hall–Kier alpha value is -1.77. The van der Waals surface area contributed by atoms with E-state index in [1.807, 2.05) is 44.2 Å². The normalized spacial score (nSPS) is 27.7. The van der Waals surface area contributed by atoms with Gasteiger partial charge in [-0.05, 0) is 37.6 Å². The van der Waals surface area contributed by atoms with Crippen molar-refractivity contribution in [3.8, 4) is 0 Å². The van der Waals surface area contributed by atoms with Crippen LogP contribution in [-0.4, -0.2) is 24.0 Å². The molecule has 2 atom stereocenters. The molecule has 1 heterocycles. The van der Waals surface area contributed by atoms with Crippen LogP contribution >= 0.6 is 0 Å². The first-order chi connectivity index (χ1) is 8.65. The summed E-state index contributed by atoms with van der Waals surface area (Å²) in [5.74, 6) is 1.13. The first-order valence-electron chi connectivity index (χ1n) is 6.18. The summed E-state index contributed by atoms with van der Waals surface area (Å²) in [6.45, 7) is 4.05. The van der Waals surface area contributed by atoms with E-state index in [1.54, 1.807) is 7.11 Å². The van der Waals surface area contributed by atoms with Crippen LogP contribution in [0.4, 0.5) is 0 Å². The maximum atomic E-state index is 10.1. The minimum atomic E-state index is -0.0754. The molecule has 3 nitrogen and oxygen atoms in total. The van der Waals surface area contributed by atoms with Gasteiger partial charge in [0.2, 0.25) is 0 Å². The van der Waals surface area contributed by atoms with Gasteiger partial charge >= 0.3 is 0 Å². The predicted molar refractivity (Wildman–Crippen MR) is 73.7 cm³/mol. The van der Waals surface area contributed by atoms with E-state index < -0.39 is 0 Å². The van der Waals surface area contributed by atoms with E-state index in [1.165, 1.54) is 0 Å². The molecule has 0 bridgehead atoms. The highest BCUT2D eigenvalue weighted by molar-refractivity contribution is 6.01. The molecule has 0 aromatic heterocycles. The van der Waals surface area contributed by atoms with Crippen LogP contribution in [0.2, 0.25) is 0 Å². The number of aliphatic imine (C=N–C) groups is 1. The molecule has 2 unspecified atom stereocenters. The number of nitrogens with zero attached hydrogens (tertiary/aromatic N) is 1. The van der Waals surface area contributed by atoms with Crippen LogP contribution < -0.4 is 0 Å². The van der Waals surface area contributed by atoms with Crippen LogP contribution in [-0.2, 0) is 4.74 Å². The van der Waals surface area contributed by atoms with Crippen LogP contribution in [0.3, 0.4) is 0 Å². The molecule has 1 aliphatic heterocycles. The van der Waals surface area contributed by atoms with Gasteiger partial charge in [-0.25, -0.2) is 0 Å². The number of hydrogen-bond acceptors (Lipinski definition) is 3. The second-order valence-corrected chi connectivity index (χ2v) is 4.53.